The fourth-order valence-corrected chi connectivity index (χ4v) is 3.45. The van der Waals surface area contributed by atoms with Crippen molar-refractivity contribution in [3.8, 4) is 0 Å². The van der Waals surface area contributed by atoms with Gasteiger partial charge in [0.2, 0.25) is 15.9 Å². The van der Waals surface area contributed by atoms with E-state index in [2.05, 4.69) is 4.72 Å². The highest BCUT2D eigenvalue weighted by Gasteiger charge is 2.29. The minimum absolute atomic E-state index is 0.0483. The van der Waals surface area contributed by atoms with Crippen LogP contribution in [-0.4, -0.2) is 26.1 Å². The highest BCUT2D eigenvalue weighted by molar-refractivity contribution is 8.00. The van der Waals surface area contributed by atoms with Crippen LogP contribution in [0.25, 0.3) is 0 Å². The molecule has 10 heteroatoms. The minimum atomic E-state index is -4.44. The van der Waals surface area contributed by atoms with Gasteiger partial charge in [-0.3, -0.25) is 9.52 Å². The molecule has 0 unspecified atom stereocenters. The van der Waals surface area contributed by atoms with Crippen molar-refractivity contribution in [1.29, 1.82) is 0 Å². The number of anilines is 1. The van der Waals surface area contributed by atoms with Crippen LogP contribution in [0.3, 0.4) is 0 Å². The number of carbonyl (C=O) groups is 1. The third-order valence-electron chi connectivity index (χ3n) is 3.23. The molecule has 0 radical (unpaired) electrons. The lowest BCUT2D eigenvalue weighted by Gasteiger charge is -2.12. The molecule has 0 heterocycles. The predicted molar refractivity (Wildman–Crippen MR) is 94.6 cm³/mol. The van der Waals surface area contributed by atoms with E-state index in [0.29, 0.717) is 16.8 Å². The van der Waals surface area contributed by atoms with Crippen molar-refractivity contribution in [2.75, 3.05) is 11.0 Å². The molecule has 0 aliphatic heterocycles. The number of nitrogens with two attached hydrogens (primary N) is 1. The molecule has 26 heavy (non-hydrogen) atoms. The molecule has 0 bridgehead atoms. The summed E-state index contributed by atoms with van der Waals surface area (Å²) in [5.41, 5.74) is 2.38. The van der Waals surface area contributed by atoms with Crippen molar-refractivity contribution in [1.82, 2.24) is 0 Å². The van der Waals surface area contributed by atoms with Gasteiger partial charge in [0.15, 0.2) is 0 Å². The van der Waals surface area contributed by atoms with E-state index in [0.717, 1.165) is 6.26 Å². The smallest absolute Gasteiger partial charge is 0.366 e. The van der Waals surface area contributed by atoms with Crippen molar-refractivity contribution in [3.63, 3.8) is 0 Å². The van der Waals surface area contributed by atoms with Crippen LogP contribution in [0.15, 0.2) is 47.4 Å². The fourth-order valence-electron chi connectivity index (χ4n) is 2.28. The molecule has 0 fully saturated rings. The molecular weight excluding hydrogens is 389 g/mol. The number of hydrogen-bond donors (Lipinski definition) is 2. The van der Waals surface area contributed by atoms with Crippen molar-refractivity contribution < 1.29 is 26.4 Å². The standard InChI is InChI=1S/C16H15F3N2O3S2/c1-26(23,24)21-12-4-2-10(3-5-12)8-11-9-13(25-16(17,18)19)6-7-14(11)15(20)22/h2-7,9,21H,8H2,1H3,(H2,20,22). The van der Waals surface area contributed by atoms with Crippen LogP contribution in [0.5, 0.6) is 0 Å². The Labute approximate surface area is 152 Å². The molecule has 3 N–H and O–H groups in total. The van der Waals surface area contributed by atoms with E-state index in [4.69, 9.17) is 5.73 Å². The largest absolute Gasteiger partial charge is 0.446 e. The SMILES string of the molecule is CS(=O)(=O)Nc1ccc(Cc2cc(SC(F)(F)F)ccc2C(N)=O)cc1. The number of hydrogen-bond acceptors (Lipinski definition) is 4. The van der Waals surface area contributed by atoms with Crippen LogP contribution in [0.1, 0.15) is 21.5 Å². The first-order valence-electron chi connectivity index (χ1n) is 7.18. The van der Waals surface area contributed by atoms with E-state index in [9.17, 15) is 26.4 Å². The van der Waals surface area contributed by atoms with Gasteiger partial charge in [-0.1, -0.05) is 12.1 Å². The maximum Gasteiger partial charge on any atom is 0.446 e. The normalized spacial score (nSPS) is 12.0. The quantitative estimate of drug-likeness (QED) is 0.723. The van der Waals surface area contributed by atoms with Crippen molar-refractivity contribution >= 4 is 33.4 Å². The third-order valence-corrected chi connectivity index (χ3v) is 4.56. The molecule has 0 spiro atoms. The molecule has 5 nitrogen and oxygen atoms in total. The summed E-state index contributed by atoms with van der Waals surface area (Å²) in [6.07, 6.45) is 1.19. The number of amides is 1. The molecule has 2 aromatic carbocycles. The Balaban J connectivity index is 2.29. The summed E-state index contributed by atoms with van der Waals surface area (Å²) in [7, 11) is -3.41. The van der Waals surface area contributed by atoms with E-state index in [1.165, 1.54) is 30.3 Å². The van der Waals surface area contributed by atoms with Gasteiger partial charge in [0.1, 0.15) is 0 Å². The fraction of sp³-hybridized carbons (Fsp3) is 0.188. The number of primary amides is 1. The number of rotatable bonds is 6. The summed E-state index contributed by atoms with van der Waals surface area (Å²) in [5, 5.41) is 0. The third kappa shape index (κ3) is 6.26. The summed E-state index contributed by atoms with van der Waals surface area (Å²) in [6, 6.07) is 10.0. The lowest BCUT2D eigenvalue weighted by atomic mass is 9.99. The van der Waals surface area contributed by atoms with Gasteiger partial charge < -0.3 is 5.73 Å². The molecule has 0 aliphatic carbocycles. The highest BCUT2D eigenvalue weighted by atomic mass is 32.2. The Morgan fingerprint density at radius 3 is 2.27 bits per heavy atom. The van der Waals surface area contributed by atoms with Crippen molar-refractivity contribution in [2.45, 2.75) is 16.8 Å². The van der Waals surface area contributed by atoms with Crippen molar-refractivity contribution in [2.24, 2.45) is 5.73 Å². The van der Waals surface area contributed by atoms with Crippen LogP contribution in [0.2, 0.25) is 0 Å². The first-order valence-corrected chi connectivity index (χ1v) is 9.89. The van der Waals surface area contributed by atoms with Gasteiger partial charge in [-0.25, -0.2) is 8.42 Å². The summed E-state index contributed by atoms with van der Waals surface area (Å²) >= 11 is -0.274. The van der Waals surface area contributed by atoms with Crippen LogP contribution in [0.4, 0.5) is 18.9 Å². The van der Waals surface area contributed by atoms with Crippen molar-refractivity contribution in [3.05, 3.63) is 59.2 Å². The number of alkyl halides is 3. The van der Waals surface area contributed by atoms with E-state index in [1.807, 2.05) is 0 Å². The van der Waals surface area contributed by atoms with E-state index in [1.54, 1.807) is 12.1 Å². The highest BCUT2D eigenvalue weighted by Crippen LogP contribution is 2.37. The van der Waals surface area contributed by atoms with Gasteiger partial charge in [0.25, 0.3) is 0 Å². The minimum Gasteiger partial charge on any atom is -0.366 e. The molecular formula is C16H15F3N2O3S2. The zero-order valence-corrected chi connectivity index (χ0v) is 15.1. The Morgan fingerprint density at radius 2 is 1.77 bits per heavy atom. The zero-order valence-electron chi connectivity index (χ0n) is 13.5. The molecule has 2 rings (SSSR count). The molecule has 2 aromatic rings. The van der Waals surface area contributed by atoms with Gasteiger partial charge in [0.05, 0.1) is 6.26 Å². The maximum absolute atomic E-state index is 12.6. The lowest BCUT2D eigenvalue weighted by molar-refractivity contribution is -0.0328. The van der Waals surface area contributed by atoms with Crippen LogP contribution < -0.4 is 10.5 Å². The average molecular weight is 404 g/mol. The first-order chi connectivity index (χ1) is 11.9. The topological polar surface area (TPSA) is 89.3 Å². The van der Waals surface area contributed by atoms with Gasteiger partial charge in [0, 0.05) is 16.1 Å². The molecule has 0 atom stereocenters. The van der Waals surface area contributed by atoms with Crippen LogP contribution in [0, 0.1) is 0 Å². The monoisotopic (exact) mass is 404 g/mol. The second-order valence-electron chi connectivity index (χ2n) is 5.48. The maximum atomic E-state index is 12.6. The predicted octanol–water partition coefficient (Wildman–Crippen LogP) is 3.36. The van der Waals surface area contributed by atoms with Crippen LogP contribution >= 0.6 is 11.8 Å². The van der Waals surface area contributed by atoms with Gasteiger partial charge in [-0.15, -0.1) is 0 Å². The molecule has 0 saturated carbocycles. The van der Waals surface area contributed by atoms with E-state index >= 15 is 0 Å². The Kier molecular flexibility index (Phi) is 5.87. The number of sulfonamides is 1. The Morgan fingerprint density at radius 1 is 1.15 bits per heavy atom. The zero-order chi connectivity index (χ0) is 19.5. The summed E-state index contributed by atoms with van der Waals surface area (Å²) in [5.74, 6) is -0.737. The number of carbonyl (C=O) groups excluding carboxylic acids is 1. The molecule has 0 aliphatic rings. The number of halogens is 3. The lowest BCUT2D eigenvalue weighted by Crippen LogP contribution is -2.14. The molecule has 0 aromatic heterocycles. The van der Waals surface area contributed by atoms with Gasteiger partial charge >= 0.3 is 5.51 Å². The van der Waals surface area contributed by atoms with E-state index in [-0.39, 0.29) is 28.6 Å². The van der Waals surface area contributed by atoms with Crippen LogP contribution in [-0.2, 0) is 16.4 Å². The van der Waals surface area contributed by atoms with Gasteiger partial charge in [-0.05, 0) is 59.6 Å². The molecule has 1 amide bonds. The number of nitrogens with one attached hydrogen (secondary N) is 1. The van der Waals surface area contributed by atoms with E-state index < -0.39 is 21.4 Å². The Hall–Kier alpha value is -2.20. The molecule has 140 valence electrons. The summed E-state index contributed by atoms with van der Waals surface area (Å²) in [6.45, 7) is 0. The first kappa shape index (κ1) is 20.1. The number of thioether (sulfide) groups is 1. The van der Waals surface area contributed by atoms with Gasteiger partial charge in [-0.2, -0.15) is 13.2 Å². The average Bonchev–Trinajstić information content (AvgIpc) is 2.46. The molecule has 0 saturated heterocycles. The summed E-state index contributed by atoms with van der Waals surface area (Å²) < 4.78 is 62.4. The second kappa shape index (κ2) is 7.58. The Bertz CT molecular complexity index is 911. The number of benzene rings is 2. The second-order valence-corrected chi connectivity index (χ2v) is 8.37. The summed E-state index contributed by atoms with van der Waals surface area (Å²) in [4.78, 5) is 11.5.